The van der Waals surface area contributed by atoms with E-state index >= 15 is 0 Å². The molecule has 1 aliphatic heterocycles. The number of Topliss-reactive ketones (excluding diaryl/α,β-unsaturated/α-hetero) is 1. The van der Waals surface area contributed by atoms with Gasteiger partial charge in [0.1, 0.15) is 0 Å². The number of nitrogens with one attached hydrogen (secondary N) is 1. The van der Waals surface area contributed by atoms with Gasteiger partial charge in [-0.15, -0.1) is 0 Å². The molecule has 0 unspecified atom stereocenters. The summed E-state index contributed by atoms with van der Waals surface area (Å²) in [5.74, 6) is -0.935. The number of rotatable bonds is 1. The van der Waals surface area contributed by atoms with Gasteiger partial charge in [0.25, 0.3) is 11.7 Å². The third-order valence-corrected chi connectivity index (χ3v) is 2.49. The second-order valence-corrected chi connectivity index (χ2v) is 3.47. The Morgan fingerprint density at radius 2 is 2.00 bits per heavy atom. The Morgan fingerprint density at radius 1 is 1.29 bits per heavy atom. The van der Waals surface area contributed by atoms with Crippen LogP contribution in [0.3, 0.4) is 0 Å². The van der Waals surface area contributed by atoms with Gasteiger partial charge in [-0.05, 0) is 30.5 Å². The normalized spacial score (nSPS) is 14.1. The van der Waals surface area contributed by atoms with Crippen LogP contribution >= 0.6 is 0 Å². The third-order valence-electron chi connectivity index (χ3n) is 2.49. The first-order chi connectivity index (χ1) is 6.63. The Hall–Kier alpha value is -1.64. The molecule has 1 aromatic carbocycles. The van der Waals surface area contributed by atoms with E-state index in [2.05, 4.69) is 5.32 Å². The molecule has 0 saturated carbocycles. The first-order valence-corrected chi connectivity index (χ1v) is 4.62. The quantitative estimate of drug-likeness (QED) is 0.683. The lowest BCUT2D eigenvalue weighted by molar-refractivity contribution is -0.112. The molecule has 0 fully saturated rings. The van der Waals surface area contributed by atoms with Crippen LogP contribution in [0.5, 0.6) is 0 Å². The number of hydrogen-bond donors (Lipinski definition) is 1. The first-order valence-electron chi connectivity index (χ1n) is 4.62. The van der Waals surface area contributed by atoms with E-state index in [0.29, 0.717) is 11.3 Å². The van der Waals surface area contributed by atoms with Crippen molar-refractivity contribution in [3.63, 3.8) is 0 Å². The second-order valence-electron chi connectivity index (χ2n) is 3.47. The number of ketones is 1. The summed E-state index contributed by atoms with van der Waals surface area (Å²) in [4.78, 5) is 22.5. The molecule has 0 saturated heterocycles. The SMILES string of the molecule is CCc1cc(C)c2c(c1)C(=O)C(=O)N2. The summed E-state index contributed by atoms with van der Waals surface area (Å²) in [6.07, 6.45) is 0.871. The van der Waals surface area contributed by atoms with Gasteiger partial charge in [-0.1, -0.05) is 13.0 Å². The Kier molecular flexibility index (Phi) is 1.88. The number of anilines is 1. The van der Waals surface area contributed by atoms with Crippen molar-refractivity contribution >= 4 is 17.4 Å². The van der Waals surface area contributed by atoms with Crippen molar-refractivity contribution in [2.24, 2.45) is 0 Å². The highest BCUT2D eigenvalue weighted by Crippen LogP contribution is 2.28. The van der Waals surface area contributed by atoms with Gasteiger partial charge in [0, 0.05) is 0 Å². The van der Waals surface area contributed by atoms with E-state index in [-0.39, 0.29) is 0 Å². The molecule has 2 rings (SSSR count). The zero-order chi connectivity index (χ0) is 10.3. The van der Waals surface area contributed by atoms with Crippen LogP contribution < -0.4 is 5.32 Å². The maximum Gasteiger partial charge on any atom is 0.296 e. The van der Waals surface area contributed by atoms with Gasteiger partial charge in [0.15, 0.2) is 0 Å². The van der Waals surface area contributed by atoms with Crippen LogP contribution in [0.2, 0.25) is 0 Å². The Morgan fingerprint density at radius 3 is 2.64 bits per heavy atom. The van der Waals surface area contributed by atoms with Crippen LogP contribution in [0.25, 0.3) is 0 Å². The molecule has 3 heteroatoms. The molecule has 0 spiro atoms. The van der Waals surface area contributed by atoms with E-state index in [4.69, 9.17) is 0 Å². The van der Waals surface area contributed by atoms with Gasteiger partial charge in [0.2, 0.25) is 0 Å². The van der Waals surface area contributed by atoms with E-state index < -0.39 is 11.7 Å². The average molecular weight is 189 g/mol. The van der Waals surface area contributed by atoms with Crippen molar-refractivity contribution in [1.29, 1.82) is 0 Å². The predicted octanol–water partition coefficient (Wildman–Crippen LogP) is 1.69. The first kappa shape index (κ1) is 8.94. The second kappa shape index (κ2) is 2.94. The Labute approximate surface area is 82.1 Å². The molecule has 1 aromatic rings. The summed E-state index contributed by atoms with van der Waals surface area (Å²) in [5, 5.41) is 2.58. The minimum Gasteiger partial charge on any atom is -0.318 e. The highest BCUT2D eigenvalue weighted by Gasteiger charge is 2.29. The van der Waals surface area contributed by atoms with Crippen molar-refractivity contribution in [2.45, 2.75) is 20.3 Å². The molecular weight excluding hydrogens is 178 g/mol. The largest absolute Gasteiger partial charge is 0.318 e. The van der Waals surface area contributed by atoms with Crippen LogP contribution in [0, 0.1) is 6.92 Å². The lowest BCUT2D eigenvalue weighted by Gasteiger charge is -2.04. The van der Waals surface area contributed by atoms with Crippen LogP contribution in [-0.2, 0) is 11.2 Å². The summed E-state index contributed by atoms with van der Waals surface area (Å²) < 4.78 is 0. The summed E-state index contributed by atoms with van der Waals surface area (Å²) in [6.45, 7) is 3.92. The number of carbonyl (C=O) groups excluding carboxylic acids is 2. The van der Waals surface area contributed by atoms with E-state index in [1.165, 1.54) is 0 Å². The lowest BCUT2D eigenvalue weighted by atomic mass is 10.0. The van der Waals surface area contributed by atoms with Crippen LogP contribution in [0.15, 0.2) is 12.1 Å². The molecule has 0 aliphatic carbocycles. The van der Waals surface area contributed by atoms with Crippen molar-refractivity contribution in [1.82, 2.24) is 0 Å². The minimum absolute atomic E-state index is 0.418. The minimum atomic E-state index is -0.517. The summed E-state index contributed by atoms with van der Waals surface area (Å²) in [6, 6.07) is 3.79. The van der Waals surface area contributed by atoms with Gasteiger partial charge in [-0.2, -0.15) is 0 Å². The van der Waals surface area contributed by atoms with Crippen molar-refractivity contribution in [3.8, 4) is 0 Å². The number of hydrogen-bond acceptors (Lipinski definition) is 2. The highest BCUT2D eigenvalue weighted by molar-refractivity contribution is 6.51. The summed E-state index contributed by atoms with van der Waals surface area (Å²) in [5.41, 5.74) is 3.24. The summed E-state index contributed by atoms with van der Waals surface area (Å²) in [7, 11) is 0. The maximum atomic E-state index is 11.4. The topological polar surface area (TPSA) is 46.2 Å². The molecule has 1 N–H and O–H groups in total. The molecule has 3 nitrogen and oxygen atoms in total. The van der Waals surface area contributed by atoms with Crippen LogP contribution in [0.1, 0.15) is 28.4 Å². The molecular formula is C11H11NO2. The smallest absolute Gasteiger partial charge is 0.296 e. The van der Waals surface area contributed by atoms with E-state index in [0.717, 1.165) is 17.5 Å². The van der Waals surface area contributed by atoms with E-state index in [9.17, 15) is 9.59 Å². The highest BCUT2D eigenvalue weighted by atomic mass is 16.2. The maximum absolute atomic E-state index is 11.4. The van der Waals surface area contributed by atoms with E-state index in [1.54, 1.807) is 6.07 Å². The molecule has 1 amide bonds. The van der Waals surface area contributed by atoms with Crippen LogP contribution in [0.4, 0.5) is 5.69 Å². The molecule has 14 heavy (non-hydrogen) atoms. The Balaban J connectivity index is 2.63. The van der Waals surface area contributed by atoms with Crippen molar-refractivity contribution < 1.29 is 9.59 Å². The fourth-order valence-corrected chi connectivity index (χ4v) is 1.70. The number of amides is 1. The number of benzene rings is 1. The molecule has 1 heterocycles. The fourth-order valence-electron chi connectivity index (χ4n) is 1.70. The number of fused-ring (bicyclic) bond motifs is 1. The monoisotopic (exact) mass is 189 g/mol. The molecule has 0 bridgehead atoms. The zero-order valence-corrected chi connectivity index (χ0v) is 8.18. The molecule has 0 atom stereocenters. The van der Waals surface area contributed by atoms with Crippen molar-refractivity contribution in [2.75, 3.05) is 5.32 Å². The van der Waals surface area contributed by atoms with Gasteiger partial charge in [-0.3, -0.25) is 9.59 Å². The van der Waals surface area contributed by atoms with E-state index in [1.807, 2.05) is 19.9 Å². The number of aryl methyl sites for hydroxylation is 2. The van der Waals surface area contributed by atoms with Crippen LogP contribution in [-0.4, -0.2) is 11.7 Å². The molecule has 0 radical (unpaired) electrons. The van der Waals surface area contributed by atoms with Gasteiger partial charge in [0.05, 0.1) is 11.3 Å². The van der Waals surface area contributed by atoms with Crippen molar-refractivity contribution in [3.05, 3.63) is 28.8 Å². The Bertz CT molecular complexity index is 435. The van der Waals surface area contributed by atoms with Gasteiger partial charge < -0.3 is 5.32 Å². The lowest BCUT2D eigenvalue weighted by Crippen LogP contribution is -2.12. The molecule has 0 aromatic heterocycles. The average Bonchev–Trinajstić information content (AvgIpc) is 2.45. The fraction of sp³-hybridized carbons (Fsp3) is 0.273. The standard InChI is InChI=1S/C11H11NO2/c1-3-7-4-6(2)9-8(5-7)10(13)11(14)12-9/h4-5H,3H2,1-2H3,(H,12,13,14). The molecule has 72 valence electrons. The third kappa shape index (κ3) is 1.13. The van der Waals surface area contributed by atoms with Gasteiger partial charge >= 0.3 is 0 Å². The zero-order valence-electron chi connectivity index (χ0n) is 8.18. The molecule has 1 aliphatic rings. The number of carbonyl (C=O) groups is 2. The predicted molar refractivity (Wildman–Crippen MR) is 53.5 cm³/mol. The summed E-state index contributed by atoms with van der Waals surface area (Å²) >= 11 is 0. The van der Waals surface area contributed by atoms with Gasteiger partial charge in [-0.25, -0.2) is 0 Å².